The van der Waals surface area contributed by atoms with Gasteiger partial charge in [-0.2, -0.15) is 4.68 Å². The monoisotopic (exact) mass is 307 g/mol. The van der Waals surface area contributed by atoms with Crippen LogP contribution in [0.15, 0.2) is 35.5 Å². The predicted octanol–water partition coefficient (Wildman–Crippen LogP) is 1.49. The number of thioether (sulfide) groups is 1. The van der Waals surface area contributed by atoms with Crippen molar-refractivity contribution in [3.8, 4) is 5.69 Å². The van der Waals surface area contributed by atoms with Gasteiger partial charge >= 0.3 is 0 Å². The van der Waals surface area contributed by atoms with Crippen LogP contribution in [0.25, 0.3) is 5.69 Å². The van der Waals surface area contributed by atoms with Gasteiger partial charge in [-0.1, -0.05) is 43.8 Å². The van der Waals surface area contributed by atoms with Crippen LogP contribution in [-0.2, 0) is 0 Å². The number of tetrazole rings is 1. The molecular weight excluding hydrogens is 286 g/mol. The van der Waals surface area contributed by atoms with Crippen molar-refractivity contribution < 1.29 is 5.11 Å². The van der Waals surface area contributed by atoms with Gasteiger partial charge in [0.1, 0.15) is 0 Å². The number of aliphatic hydroxyl groups excluding tert-OH is 1. The highest BCUT2D eigenvalue weighted by molar-refractivity contribution is 7.99. The molecule has 114 valence electrons. The number of aliphatic hydroxyl groups is 1. The Labute approximate surface area is 128 Å². The molecule has 2 rings (SSSR count). The summed E-state index contributed by atoms with van der Waals surface area (Å²) in [5, 5.41) is 21.9. The minimum atomic E-state index is -0.124. The van der Waals surface area contributed by atoms with Crippen LogP contribution in [0.1, 0.15) is 20.3 Å². The van der Waals surface area contributed by atoms with Crippen LogP contribution in [0, 0.1) is 5.92 Å². The average Bonchev–Trinajstić information content (AvgIpc) is 2.93. The van der Waals surface area contributed by atoms with Crippen molar-refractivity contribution in [1.29, 1.82) is 0 Å². The fraction of sp³-hybridized carbons (Fsp3) is 0.500. The zero-order valence-corrected chi connectivity index (χ0v) is 13.1. The number of nitrogens with zero attached hydrogens (tertiary/aromatic N) is 4. The summed E-state index contributed by atoms with van der Waals surface area (Å²) >= 11 is 1.42. The van der Waals surface area contributed by atoms with Crippen molar-refractivity contribution in [2.24, 2.45) is 11.7 Å². The highest BCUT2D eigenvalue weighted by Crippen LogP contribution is 2.26. The Balaban J connectivity index is 2.14. The Bertz CT molecular complexity index is 545. The van der Waals surface area contributed by atoms with E-state index in [1.807, 2.05) is 30.3 Å². The van der Waals surface area contributed by atoms with Crippen molar-refractivity contribution >= 4 is 11.8 Å². The lowest BCUT2D eigenvalue weighted by atomic mass is 10.0. The van der Waals surface area contributed by atoms with Crippen LogP contribution in [0.3, 0.4) is 0 Å². The smallest absolute Gasteiger partial charge is 0.214 e. The number of benzene rings is 1. The van der Waals surface area contributed by atoms with Gasteiger partial charge in [0.25, 0.3) is 0 Å². The second kappa shape index (κ2) is 7.53. The van der Waals surface area contributed by atoms with Crippen molar-refractivity contribution in [2.75, 3.05) is 6.61 Å². The van der Waals surface area contributed by atoms with Gasteiger partial charge in [-0.3, -0.25) is 0 Å². The van der Waals surface area contributed by atoms with Crippen molar-refractivity contribution in [3.05, 3.63) is 30.3 Å². The Kier molecular flexibility index (Phi) is 5.72. The molecule has 21 heavy (non-hydrogen) atoms. The molecule has 0 spiro atoms. The van der Waals surface area contributed by atoms with E-state index >= 15 is 0 Å². The van der Waals surface area contributed by atoms with Crippen LogP contribution < -0.4 is 5.73 Å². The molecule has 1 heterocycles. The lowest BCUT2D eigenvalue weighted by Gasteiger charge is -2.22. The lowest BCUT2D eigenvalue weighted by molar-refractivity contribution is 0.274. The molecule has 0 aliphatic rings. The first kappa shape index (κ1) is 15.9. The topological polar surface area (TPSA) is 89.8 Å². The van der Waals surface area contributed by atoms with E-state index in [9.17, 15) is 5.11 Å². The highest BCUT2D eigenvalue weighted by atomic mass is 32.2. The summed E-state index contributed by atoms with van der Waals surface area (Å²) in [5.41, 5.74) is 7.06. The fourth-order valence-electron chi connectivity index (χ4n) is 2.08. The molecule has 0 saturated carbocycles. The van der Waals surface area contributed by atoms with Crippen LogP contribution in [0.4, 0.5) is 0 Å². The van der Waals surface area contributed by atoms with Gasteiger partial charge in [-0.05, 0) is 34.9 Å². The third-order valence-corrected chi connectivity index (χ3v) is 4.37. The van der Waals surface area contributed by atoms with Gasteiger partial charge < -0.3 is 10.8 Å². The molecule has 0 aliphatic heterocycles. The summed E-state index contributed by atoms with van der Waals surface area (Å²) in [6.07, 6.45) is 0.852. The first-order chi connectivity index (χ1) is 10.1. The van der Waals surface area contributed by atoms with E-state index in [4.69, 9.17) is 5.73 Å². The second-order valence-corrected chi connectivity index (χ2v) is 6.55. The lowest BCUT2D eigenvalue weighted by Crippen LogP contribution is -2.36. The number of para-hydroxylation sites is 1. The molecule has 2 aromatic rings. The van der Waals surface area contributed by atoms with Crippen molar-refractivity contribution in [3.63, 3.8) is 0 Å². The fourth-order valence-corrected chi connectivity index (χ4v) is 3.03. The number of rotatable bonds is 7. The van der Waals surface area contributed by atoms with Crippen LogP contribution in [0.5, 0.6) is 0 Å². The Morgan fingerprint density at radius 3 is 2.62 bits per heavy atom. The number of hydrogen-bond donors (Lipinski definition) is 2. The average molecular weight is 307 g/mol. The molecule has 2 atom stereocenters. The molecule has 0 amide bonds. The Morgan fingerprint density at radius 2 is 2.00 bits per heavy atom. The zero-order chi connectivity index (χ0) is 15.2. The third-order valence-electron chi connectivity index (χ3n) is 3.10. The maximum absolute atomic E-state index is 9.59. The van der Waals surface area contributed by atoms with Gasteiger partial charge in [-0.25, -0.2) is 0 Å². The van der Waals surface area contributed by atoms with Gasteiger partial charge in [0.2, 0.25) is 5.16 Å². The van der Waals surface area contributed by atoms with Crippen LogP contribution in [0.2, 0.25) is 0 Å². The maximum Gasteiger partial charge on any atom is 0.214 e. The van der Waals surface area contributed by atoms with Gasteiger partial charge in [0.15, 0.2) is 0 Å². The molecule has 0 fully saturated rings. The maximum atomic E-state index is 9.59. The molecule has 1 aromatic heterocycles. The van der Waals surface area contributed by atoms with E-state index < -0.39 is 0 Å². The molecular formula is C14H21N5OS. The molecule has 2 unspecified atom stereocenters. The molecule has 0 radical (unpaired) electrons. The molecule has 3 N–H and O–H groups in total. The first-order valence-electron chi connectivity index (χ1n) is 6.98. The largest absolute Gasteiger partial charge is 0.395 e. The Morgan fingerprint density at radius 1 is 1.29 bits per heavy atom. The molecule has 0 saturated heterocycles. The van der Waals surface area contributed by atoms with E-state index in [0.29, 0.717) is 11.1 Å². The zero-order valence-electron chi connectivity index (χ0n) is 12.3. The second-order valence-electron chi connectivity index (χ2n) is 5.34. The molecule has 1 aromatic carbocycles. The summed E-state index contributed by atoms with van der Waals surface area (Å²) < 4.78 is 1.66. The molecule has 6 nitrogen and oxygen atoms in total. The standard InChI is InChI=1S/C14H21N5OS/c1-10(2)8-12(15)13(9-20)21-14-16-17-18-19(14)11-6-4-3-5-7-11/h3-7,10,12-13,20H,8-9,15H2,1-2H3. The quantitative estimate of drug-likeness (QED) is 0.753. The first-order valence-corrected chi connectivity index (χ1v) is 7.86. The molecule has 7 heteroatoms. The van der Waals surface area contributed by atoms with Gasteiger partial charge in [-0.15, -0.1) is 5.10 Å². The van der Waals surface area contributed by atoms with Crippen molar-refractivity contribution in [1.82, 2.24) is 20.2 Å². The number of hydrogen-bond acceptors (Lipinski definition) is 6. The molecule has 0 aliphatic carbocycles. The van der Waals surface area contributed by atoms with E-state index in [-0.39, 0.29) is 17.9 Å². The number of aromatic nitrogens is 4. The Hall–Kier alpha value is -1.44. The SMILES string of the molecule is CC(C)CC(N)C(CO)Sc1nnnn1-c1ccccc1. The van der Waals surface area contributed by atoms with E-state index in [2.05, 4.69) is 29.4 Å². The minimum Gasteiger partial charge on any atom is -0.395 e. The van der Waals surface area contributed by atoms with Gasteiger partial charge in [0.05, 0.1) is 17.5 Å². The number of nitrogens with two attached hydrogens (primary N) is 1. The summed E-state index contributed by atoms with van der Waals surface area (Å²) in [4.78, 5) is 0. The van der Waals surface area contributed by atoms with E-state index in [0.717, 1.165) is 12.1 Å². The minimum absolute atomic E-state index is 0.000201. The normalized spacial score (nSPS) is 14.3. The van der Waals surface area contributed by atoms with E-state index in [1.54, 1.807) is 4.68 Å². The third kappa shape index (κ3) is 4.26. The predicted molar refractivity (Wildman–Crippen MR) is 83.3 cm³/mol. The highest BCUT2D eigenvalue weighted by Gasteiger charge is 2.22. The van der Waals surface area contributed by atoms with Crippen LogP contribution in [-0.4, -0.2) is 43.2 Å². The summed E-state index contributed by atoms with van der Waals surface area (Å²) in [5.74, 6) is 0.486. The summed E-state index contributed by atoms with van der Waals surface area (Å²) in [6, 6.07) is 9.57. The summed E-state index contributed by atoms with van der Waals surface area (Å²) in [6.45, 7) is 4.24. The molecule has 0 bridgehead atoms. The van der Waals surface area contributed by atoms with E-state index in [1.165, 1.54) is 11.8 Å². The van der Waals surface area contributed by atoms with Gasteiger partial charge in [0, 0.05) is 6.04 Å². The van der Waals surface area contributed by atoms with Crippen molar-refractivity contribution in [2.45, 2.75) is 36.7 Å². The van der Waals surface area contributed by atoms with Crippen LogP contribution >= 0.6 is 11.8 Å². The summed E-state index contributed by atoms with van der Waals surface area (Å²) in [7, 11) is 0.